The van der Waals surface area contributed by atoms with Gasteiger partial charge in [-0.1, -0.05) is 64.0 Å². The van der Waals surface area contributed by atoms with E-state index in [9.17, 15) is 36.5 Å². The summed E-state index contributed by atoms with van der Waals surface area (Å²) >= 11 is 1.72. The molecule has 326 valence electrons. The first-order valence-corrected chi connectivity index (χ1v) is 24.1. The van der Waals surface area contributed by atoms with Gasteiger partial charge in [-0.15, -0.1) is 0 Å². The van der Waals surface area contributed by atoms with Crippen LogP contribution in [0.15, 0.2) is 100 Å². The molecule has 14 nitrogen and oxygen atoms in total. The zero-order chi connectivity index (χ0) is 43.7. The summed E-state index contributed by atoms with van der Waals surface area (Å²) < 4.78 is 82.5. The third-order valence-electron chi connectivity index (χ3n) is 10.8. The zero-order valence-electron chi connectivity index (χ0n) is 37.1. The van der Waals surface area contributed by atoms with Gasteiger partial charge in [-0.05, 0) is 97.9 Å². The molecule has 0 aliphatic carbocycles. The van der Waals surface area contributed by atoms with Crippen LogP contribution in [0.5, 0.6) is 0 Å². The van der Waals surface area contributed by atoms with Crippen LogP contribution in [0.3, 0.4) is 0 Å². The van der Waals surface area contributed by atoms with Gasteiger partial charge in [0.05, 0.1) is 32.5 Å². The van der Waals surface area contributed by atoms with Crippen LogP contribution in [0, 0.1) is 0 Å². The summed E-state index contributed by atoms with van der Waals surface area (Å²) in [5, 5.41) is 28.1. The second-order valence-electron chi connectivity index (χ2n) is 15.6. The number of benzene rings is 3. The molecule has 5 rings (SSSR count). The van der Waals surface area contributed by atoms with E-state index in [1.807, 2.05) is 67.3 Å². The summed E-state index contributed by atoms with van der Waals surface area (Å²) in [6, 6.07) is 18.2. The Bertz CT molecular complexity index is 2370. The third-order valence-corrected chi connectivity index (χ3v) is 13.6. The smallest absolute Gasteiger partial charge is 0.748 e. The van der Waals surface area contributed by atoms with Crippen LogP contribution in [0.4, 0.5) is 11.4 Å². The van der Waals surface area contributed by atoms with E-state index in [1.165, 1.54) is 17.7 Å². The number of rotatable bonds is 22. The molecule has 63 heavy (non-hydrogen) atoms. The van der Waals surface area contributed by atoms with Crippen molar-refractivity contribution in [3.05, 3.63) is 113 Å². The molecule has 0 amide bonds. The fourth-order valence-corrected chi connectivity index (χ4v) is 9.59. The van der Waals surface area contributed by atoms with E-state index in [0.717, 1.165) is 77.9 Å². The second-order valence-corrected chi connectivity index (χ2v) is 20.0. The maximum absolute atomic E-state index is 12.1. The Morgan fingerprint density at radius 2 is 1.57 bits per heavy atom. The van der Waals surface area contributed by atoms with E-state index in [2.05, 4.69) is 62.3 Å². The first-order valence-electron chi connectivity index (χ1n) is 19.4. The Morgan fingerprint density at radius 1 is 0.841 bits per heavy atom. The molecule has 0 bridgehead atoms. The molecule has 0 fully saturated rings. The van der Waals surface area contributed by atoms with Crippen LogP contribution in [0.2, 0.25) is 0 Å². The molecule has 2 heterocycles. The van der Waals surface area contributed by atoms with Crippen molar-refractivity contribution in [3.8, 4) is 0 Å². The van der Waals surface area contributed by atoms with E-state index >= 15 is 0 Å². The minimum atomic E-state index is -4.77. The molecule has 0 radical (unpaired) electrons. The van der Waals surface area contributed by atoms with Gasteiger partial charge in [-0.25, -0.2) is 16.8 Å². The van der Waals surface area contributed by atoms with Gasteiger partial charge in [-0.2, -0.15) is 13.2 Å². The van der Waals surface area contributed by atoms with E-state index in [1.54, 1.807) is 6.07 Å². The maximum atomic E-state index is 12.1. The summed E-state index contributed by atoms with van der Waals surface area (Å²) in [5.74, 6) is -0.103. The van der Waals surface area contributed by atoms with Crippen molar-refractivity contribution >= 4 is 67.0 Å². The molecule has 21 heteroatoms. The fourth-order valence-electron chi connectivity index (χ4n) is 7.86. The van der Waals surface area contributed by atoms with Crippen LogP contribution < -0.4 is 104 Å². The molecule has 0 saturated heterocycles. The van der Waals surface area contributed by atoms with Gasteiger partial charge in [0.25, 0.3) is 0 Å². The van der Waals surface area contributed by atoms with Gasteiger partial charge in [-0.3, -0.25) is 10.1 Å². The van der Waals surface area contributed by atoms with Crippen molar-refractivity contribution < 1.29 is 148 Å². The predicted octanol–water partition coefficient (Wildman–Crippen LogP) is -2.54. The number of nitrogens with zero attached hydrogens (tertiary/aromatic N) is 2. The average Bonchev–Trinajstić information content (AvgIpc) is 3.53. The number of aryl methyl sites for hydroxylation is 1. The molecule has 0 atom stereocenters. The van der Waals surface area contributed by atoms with E-state index < -0.39 is 36.8 Å². The van der Waals surface area contributed by atoms with Crippen LogP contribution in [-0.4, -0.2) is 60.8 Å². The molecule has 0 unspecified atom stereocenters. The van der Waals surface area contributed by atoms with Crippen molar-refractivity contribution in [2.24, 2.45) is 0 Å². The maximum Gasteiger partial charge on any atom is 1.00 e. The number of allylic oxidation sites excluding steroid dienone is 6. The molecule has 0 saturated carbocycles. The van der Waals surface area contributed by atoms with E-state index in [-0.39, 0.29) is 107 Å². The summed E-state index contributed by atoms with van der Waals surface area (Å²) in [6.45, 7) is 10.9. The van der Waals surface area contributed by atoms with Gasteiger partial charge < -0.3 is 24.5 Å². The van der Waals surface area contributed by atoms with Crippen LogP contribution >= 0.6 is 24.1 Å². The van der Waals surface area contributed by atoms with Crippen molar-refractivity contribution in [1.29, 1.82) is 0 Å². The first-order chi connectivity index (χ1) is 28.4. The average molecular weight is 971 g/mol. The molecular formula is C42H49N2Na3O12S4. The fraction of sp³-hybridized carbons (Fsp3) is 0.405. The summed E-state index contributed by atoms with van der Waals surface area (Å²) in [6.07, 6.45) is 12.8. The van der Waals surface area contributed by atoms with Crippen molar-refractivity contribution in [1.82, 2.24) is 0 Å². The Balaban J connectivity index is 0.00000455. The van der Waals surface area contributed by atoms with Crippen LogP contribution in [0.25, 0.3) is 5.57 Å². The summed E-state index contributed by atoms with van der Waals surface area (Å²) in [7, 11) is -9.28. The number of anilines is 1. The Morgan fingerprint density at radius 3 is 2.24 bits per heavy atom. The quantitative estimate of drug-likeness (QED) is 0.0149. The third kappa shape index (κ3) is 15.6. The minimum absolute atomic E-state index is 0. The number of hydrogen-bond donors (Lipinski definition) is 0. The summed E-state index contributed by atoms with van der Waals surface area (Å²) in [5.41, 5.74) is 6.37. The molecule has 3 aromatic carbocycles. The standard InChI is InChI=1S/C42H52N2O12S4.3Na/c1-6-7-8-12-30-13-9-14-32(27-30)31(15-21-39-41(2,3)35-28-33(58-56-54-46)17-19-37(35)43(39)23-10-25-57-55-53-45)16-22-40-42(4,5)36-29-34(60(50,51)52)18-20-38(36)44(40)24-11-26-59(47,48)49;;;/h9,13-22,27-29H,6-8,10-12,23-26H2,1-5H3,(H3-,45,46,47,48,49,50,51,52);;;/q;3*+1/p-3. The predicted molar refractivity (Wildman–Crippen MR) is 225 cm³/mol. The van der Waals surface area contributed by atoms with Gasteiger partial charge in [0.15, 0.2) is 5.71 Å². The van der Waals surface area contributed by atoms with E-state index in [0.29, 0.717) is 40.6 Å². The van der Waals surface area contributed by atoms with Crippen LogP contribution in [-0.2, 0) is 56.2 Å². The zero-order valence-corrected chi connectivity index (χ0v) is 46.3. The molecule has 0 N–H and O–H groups in total. The molecule has 2 aliphatic heterocycles. The number of fused-ring (bicyclic) bond motifs is 2. The SMILES string of the molecule is CCCCCc1cccc(C(=C\C=C2\N(CCCS(=O)(=O)[O-])c3ccc(S(=O)(=O)[O-])cc3C2(C)C)/C=C/C2=[N+](CCCSOO[O-])c3ccc(SOO[O-])cc3C2(C)C)c1.[Na+].[Na+].[Na+]. The van der Waals surface area contributed by atoms with E-state index in [4.69, 9.17) is 0 Å². The molecular weight excluding hydrogens is 922 g/mol. The Labute approximate surface area is 446 Å². The Kier molecular flexibility index (Phi) is 24.6. The molecule has 3 aromatic rings. The number of hydrogen-bond acceptors (Lipinski definition) is 15. The molecule has 0 spiro atoms. The first kappa shape index (κ1) is 58.8. The second kappa shape index (κ2) is 26.4. The summed E-state index contributed by atoms with van der Waals surface area (Å²) in [4.78, 5) is 2.18. The normalized spacial score (nSPS) is 16.2. The number of unbranched alkanes of at least 4 members (excludes halogenated alkanes) is 2. The molecule has 0 aromatic heterocycles. The van der Waals surface area contributed by atoms with Crippen molar-refractivity contribution in [2.45, 2.75) is 93.8 Å². The van der Waals surface area contributed by atoms with Gasteiger partial charge in [0, 0.05) is 75.9 Å². The Hall–Kier alpha value is -0.370. The van der Waals surface area contributed by atoms with Crippen molar-refractivity contribution in [2.75, 3.05) is 29.5 Å². The minimum Gasteiger partial charge on any atom is -0.748 e. The largest absolute Gasteiger partial charge is 1.00 e. The van der Waals surface area contributed by atoms with Gasteiger partial charge in [0.2, 0.25) is 5.69 Å². The van der Waals surface area contributed by atoms with Gasteiger partial charge >= 0.3 is 88.7 Å². The topological polar surface area (TPSA) is 204 Å². The monoisotopic (exact) mass is 970 g/mol. The van der Waals surface area contributed by atoms with Crippen LogP contribution in [0.1, 0.15) is 89.0 Å². The van der Waals surface area contributed by atoms with Crippen molar-refractivity contribution in [3.63, 3.8) is 0 Å². The molecule has 2 aliphatic rings. The van der Waals surface area contributed by atoms with Gasteiger partial charge in [0.1, 0.15) is 16.7 Å².